The molecule has 0 aliphatic carbocycles. The van der Waals surface area contributed by atoms with Crippen molar-refractivity contribution in [2.75, 3.05) is 6.61 Å². The van der Waals surface area contributed by atoms with E-state index in [1.165, 1.54) is 10.9 Å². The van der Waals surface area contributed by atoms with Crippen molar-refractivity contribution in [3.05, 3.63) is 69.2 Å². The lowest BCUT2D eigenvalue weighted by Crippen LogP contribution is -2.30. The van der Waals surface area contributed by atoms with Crippen molar-refractivity contribution in [2.45, 2.75) is 26.5 Å². The highest BCUT2D eigenvalue weighted by Crippen LogP contribution is 2.19. The van der Waals surface area contributed by atoms with Crippen LogP contribution in [0.4, 0.5) is 0 Å². The standard InChI is InChI=1S/C19H19ClN2O3/c1-12-3-4-13(2)18(7-12)25-10-15(23)9-22-11-21-17-6-5-14(20)8-16(17)19(22)24/h3-8,11,15,23H,9-10H2,1-2H3/t15-/m0/s1. The summed E-state index contributed by atoms with van der Waals surface area (Å²) in [7, 11) is 0. The Morgan fingerprint density at radius 2 is 2.04 bits per heavy atom. The van der Waals surface area contributed by atoms with Crippen LogP contribution in [0.3, 0.4) is 0 Å². The Labute approximate surface area is 150 Å². The van der Waals surface area contributed by atoms with E-state index in [0.29, 0.717) is 15.9 Å². The zero-order chi connectivity index (χ0) is 18.0. The second-order valence-electron chi connectivity index (χ2n) is 6.10. The first-order valence-corrected chi connectivity index (χ1v) is 8.34. The molecule has 130 valence electrons. The number of nitrogens with zero attached hydrogens (tertiary/aromatic N) is 2. The van der Waals surface area contributed by atoms with Crippen LogP contribution in [0.5, 0.6) is 5.75 Å². The number of aliphatic hydroxyl groups is 1. The number of rotatable bonds is 5. The number of ether oxygens (including phenoxy) is 1. The highest BCUT2D eigenvalue weighted by atomic mass is 35.5. The van der Waals surface area contributed by atoms with E-state index in [1.807, 2.05) is 32.0 Å². The topological polar surface area (TPSA) is 64.3 Å². The molecule has 25 heavy (non-hydrogen) atoms. The summed E-state index contributed by atoms with van der Waals surface area (Å²) in [6.45, 7) is 4.11. The van der Waals surface area contributed by atoms with Crippen molar-refractivity contribution in [3.63, 3.8) is 0 Å². The molecule has 0 saturated heterocycles. The van der Waals surface area contributed by atoms with Crippen LogP contribution in [0.25, 0.3) is 10.9 Å². The van der Waals surface area contributed by atoms with Gasteiger partial charge in [-0.3, -0.25) is 9.36 Å². The van der Waals surface area contributed by atoms with Crippen LogP contribution in [-0.2, 0) is 6.54 Å². The fourth-order valence-electron chi connectivity index (χ4n) is 2.59. The summed E-state index contributed by atoms with van der Waals surface area (Å²) < 4.78 is 7.06. The van der Waals surface area contributed by atoms with Gasteiger partial charge in [0.05, 0.1) is 23.8 Å². The van der Waals surface area contributed by atoms with Gasteiger partial charge in [-0.05, 0) is 49.2 Å². The van der Waals surface area contributed by atoms with E-state index in [4.69, 9.17) is 16.3 Å². The van der Waals surface area contributed by atoms with Gasteiger partial charge in [0, 0.05) is 5.02 Å². The minimum Gasteiger partial charge on any atom is -0.491 e. The van der Waals surface area contributed by atoms with Gasteiger partial charge in [-0.1, -0.05) is 23.7 Å². The molecule has 0 aliphatic heterocycles. The summed E-state index contributed by atoms with van der Waals surface area (Å²) in [6, 6.07) is 10.9. The maximum Gasteiger partial charge on any atom is 0.261 e. The van der Waals surface area contributed by atoms with Crippen LogP contribution in [0.2, 0.25) is 5.02 Å². The Morgan fingerprint density at radius 1 is 1.24 bits per heavy atom. The van der Waals surface area contributed by atoms with Gasteiger partial charge in [-0.25, -0.2) is 4.98 Å². The van der Waals surface area contributed by atoms with E-state index in [2.05, 4.69) is 4.98 Å². The fourth-order valence-corrected chi connectivity index (χ4v) is 2.76. The summed E-state index contributed by atoms with van der Waals surface area (Å²) in [4.78, 5) is 16.7. The Kier molecular flexibility index (Phi) is 5.06. The van der Waals surface area contributed by atoms with Gasteiger partial charge in [-0.2, -0.15) is 0 Å². The van der Waals surface area contributed by atoms with Crippen LogP contribution in [0.15, 0.2) is 47.5 Å². The first-order valence-electron chi connectivity index (χ1n) is 7.97. The smallest absolute Gasteiger partial charge is 0.261 e. The number of aromatic nitrogens is 2. The second kappa shape index (κ2) is 7.25. The quantitative estimate of drug-likeness (QED) is 0.761. The Morgan fingerprint density at radius 3 is 2.84 bits per heavy atom. The average Bonchev–Trinajstić information content (AvgIpc) is 2.58. The molecule has 0 radical (unpaired) electrons. The SMILES string of the molecule is Cc1ccc(C)c(OC[C@@H](O)Cn2cnc3ccc(Cl)cc3c2=O)c1. The molecule has 6 heteroatoms. The van der Waals surface area contributed by atoms with Crippen LogP contribution < -0.4 is 10.3 Å². The average molecular weight is 359 g/mol. The predicted octanol–water partition coefficient (Wildman–Crippen LogP) is 3.11. The van der Waals surface area contributed by atoms with Crippen LogP contribution in [0.1, 0.15) is 11.1 Å². The van der Waals surface area contributed by atoms with Gasteiger partial charge in [0.1, 0.15) is 18.5 Å². The second-order valence-corrected chi connectivity index (χ2v) is 6.53. The van der Waals surface area contributed by atoms with Crippen molar-refractivity contribution < 1.29 is 9.84 Å². The third-order valence-electron chi connectivity index (χ3n) is 3.97. The van der Waals surface area contributed by atoms with E-state index >= 15 is 0 Å². The van der Waals surface area contributed by atoms with Crippen LogP contribution >= 0.6 is 11.6 Å². The molecule has 0 amide bonds. The minimum absolute atomic E-state index is 0.0876. The maximum absolute atomic E-state index is 12.5. The van der Waals surface area contributed by atoms with Crippen LogP contribution in [0, 0.1) is 13.8 Å². The molecule has 5 nitrogen and oxygen atoms in total. The third-order valence-corrected chi connectivity index (χ3v) is 4.20. The number of hydrogen-bond donors (Lipinski definition) is 1. The monoisotopic (exact) mass is 358 g/mol. The van der Waals surface area contributed by atoms with Crippen molar-refractivity contribution in [3.8, 4) is 5.75 Å². The Bertz CT molecular complexity index is 969. The van der Waals surface area contributed by atoms with Gasteiger partial charge in [0.25, 0.3) is 5.56 Å². The van der Waals surface area contributed by atoms with Gasteiger partial charge in [-0.15, -0.1) is 0 Å². The molecule has 1 heterocycles. The molecule has 0 aliphatic rings. The normalized spacial score (nSPS) is 12.3. The Hall–Kier alpha value is -2.37. The molecule has 0 unspecified atom stereocenters. The molecule has 0 fully saturated rings. The minimum atomic E-state index is -0.837. The lowest BCUT2D eigenvalue weighted by molar-refractivity contribution is 0.0911. The lowest BCUT2D eigenvalue weighted by Gasteiger charge is -2.15. The number of aryl methyl sites for hydroxylation is 2. The van der Waals surface area contributed by atoms with Gasteiger partial charge in [0.15, 0.2) is 0 Å². The third kappa shape index (κ3) is 4.00. The van der Waals surface area contributed by atoms with E-state index in [-0.39, 0.29) is 18.7 Å². The molecule has 0 bridgehead atoms. The van der Waals surface area contributed by atoms with E-state index in [0.717, 1.165) is 16.9 Å². The molecule has 1 aromatic heterocycles. The molecule has 1 atom stereocenters. The zero-order valence-electron chi connectivity index (χ0n) is 14.1. The predicted molar refractivity (Wildman–Crippen MR) is 98.4 cm³/mol. The fraction of sp³-hybridized carbons (Fsp3) is 0.263. The summed E-state index contributed by atoms with van der Waals surface area (Å²) in [5, 5.41) is 11.1. The molecule has 0 spiro atoms. The number of aliphatic hydroxyl groups excluding tert-OH is 1. The first-order chi connectivity index (χ1) is 11.9. The molecule has 3 aromatic rings. The van der Waals surface area contributed by atoms with Crippen molar-refractivity contribution in [1.82, 2.24) is 9.55 Å². The molecule has 3 rings (SSSR count). The summed E-state index contributed by atoms with van der Waals surface area (Å²) >= 11 is 5.95. The molecule has 1 N–H and O–H groups in total. The van der Waals surface area contributed by atoms with Gasteiger partial charge >= 0.3 is 0 Å². The highest BCUT2D eigenvalue weighted by Gasteiger charge is 2.11. The number of hydrogen-bond acceptors (Lipinski definition) is 4. The number of fused-ring (bicyclic) bond motifs is 1. The van der Waals surface area contributed by atoms with Crippen molar-refractivity contribution in [2.24, 2.45) is 0 Å². The largest absolute Gasteiger partial charge is 0.491 e. The summed E-state index contributed by atoms with van der Waals surface area (Å²) in [6.07, 6.45) is 0.593. The highest BCUT2D eigenvalue weighted by molar-refractivity contribution is 6.31. The van der Waals surface area contributed by atoms with Crippen molar-refractivity contribution >= 4 is 22.5 Å². The first kappa shape index (κ1) is 17.5. The van der Waals surface area contributed by atoms with Crippen molar-refractivity contribution in [1.29, 1.82) is 0 Å². The van der Waals surface area contributed by atoms with Gasteiger partial charge < -0.3 is 9.84 Å². The lowest BCUT2D eigenvalue weighted by atomic mass is 10.1. The van der Waals surface area contributed by atoms with E-state index in [1.54, 1.807) is 18.2 Å². The van der Waals surface area contributed by atoms with E-state index in [9.17, 15) is 9.90 Å². The molecule has 2 aromatic carbocycles. The van der Waals surface area contributed by atoms with Crippen LogP contribution in [-0.4, -0.2) is 27.4 Å². The van der Waals surface area contributed by atoms with E-state index < -0.39 is 6.10 Å². The number of benzene rings is 2. The number of halogens is 1. The Balaban J connectivity index is 1.73. The van der Waals surface area contributed by atoms with Gasteiger partial charge in [0.2, 0.25) is 0 Å². The molecule has 0 saturated carbocycles. The molecular formula is C19H19ClN2O3. The summed E-state index contributed by atoms with van der Waals surface area (Å²) in [5.74, 6) is 0.731. The molecular weight excluding hydrogens is 340 g/mol. The zero-order valence-corrected chi connectivity index (χ0v) is 14.8. The maximum atomic E-state index is 12.5. The summed E-state index contributed by atoms with van der Waals surface area (Å²) in [5.41, 5.74) is 2.42.